The average Bonchev–Trinajstić information content (AvgIpc) is 2.07. The first-order chi connectivity index (χ1) is 5.36. The van der Waals surface area contributed by atoms with E-state index in [0.29, 0.717) is 0 Å². The van der Waals surface area contributed by atoms with E-state index in [2.05, 4.69) is 48.4 Å². The van der Waals surface area contributed by atoms with Gasteiger partial charge in [-0.2, -0.15) is 0 Å². The molecule has 0 atom stereocenters. The molecule has 2 heteroatoms. The molecule has 0 aromatic heterocycles. The summed E-state index contributed by atoms with van der Waals surface area (Å²) >= 11 is 0. The predicted octanol–water partition coefficient (Wildman–Crippen LogP) is 1.98. The van der Waals surface area contributed by atoms with Gasteiger partial charge in [0.1, 0.15) is 0 Å². The van der Waals surface area contributed by atoms with Gasteiger partial charge in [-0.05, 0) is 13.3 Å². The van der Waals surface area contributed by atoms with Gasteiger partial charge in [-0.3, -0.25) is 0 Å². The topological polar surface area (TPSA) is 6.48 Å². The van der Waals surface area contributed by atoms with Crippen molar-refractivity contribution >= 4 is 0 Å². The lowest BCUT2D eigenvalue weighted by molar-refractivity contribution is 0.430. The average molecular weight is 152 g/mol. The van der Waals surface area contributed by atoms with E-state index in [4.69, 9.17) is 0 Å². The van der Waals surface area contributed by atoms with E-state index < -0.39 is 0 Å². The van der Waals surface area contributed by atoms with Crippen LogP contribution in [0.3, 0.4) is 0 Å². The van der Waals surface area contributed by atoms with Crippen LogP contribution in [-0.2, 0) is 0 Å². The first-order valence-electron chi connectivity index (χ1n) is 4.25. The van der Waals surface area contributed by atoms with Gasteiger partial charge in [-0.15, -0.1) is 0 Å². The molecule has 0 aromatic rings. The molecule has 62 valence electrons. The molecule has 1 heterocycles. The number of hydrogen-bond acceptors (Lipinski definition) is 2. The largest absolute Gasteiger partial charge is 0.352 e. The van der Waals surface area contributed by atoms with Crippen molar-refractivity contribution in [3.63, 3.8) is 0 Å². The minimum atomic E-state index is 1.05. The third-order valence-electron chi connectivity index (χ3n) is 1.75. The second-order valence-corrected chi connectivity index (χ2v) is 2.66. The zero-order valence-electron chi connectivity index (χ0n) is 7.33. The maximum absolute atomic E-state index is 2.20. The summed E-state index contributed by atoms with van der Waals surface area (Å²) in [5.74, 6) is 0. The summed E-state index contributed by atoms with van der Waals surface area (Å²) in [4.78, 5) is 4.36. The molecule has 2 nitrogen and oxygen atoms in total. The van der Waals surface area contributed by atoms with Crippen molar-refractivity contribution in [3.8, 4) is 0 Å². The highest BCUT2D eigenvalue weighted by Gasteiger charge is 1.98. The van der Waals surface area contributed by atoms with Gasteiger partial charge in [0.05, 0.1) is 0 Å². The summed E-state index contributed by atoms with van der Waals surface area (Å²) in [6.07, 6.45) is 9.64. The van der Waals surface area contributed by atoms with Gasteiger partial charge < -0.3 is 9.80 Å². The third-order valence-corrected chi connectivity index (χ3v) is 1.75. The molecule has 0 saturated carbocycles. The minimum Gasteiger partial charge on any atom is -0.352 e. The first-order valence-corrected chi connectivity index (χ1v) is 4.25. The molecular formula is C9H16N2. The summed E-state index contributed by atoms with van der Waals surface area (Å²) in [6.45, 7) is 6.50. The van der Waals surface area contributed by atoms with E-state index in [9.17, 15) is 0 Å². The van der Waals surface area contributed by atoms with Crippen molar-refractivity contribution in [1.29, 1.82) is 0 Å². The lowest BCUT2D eigenvalue weighted by Crippen LogP contribution is -2.19. The molecule has 0 unspecified atom stereocenters. The van der Waals surface area contributed by atoms with Gasteiger partial charge in [0.15, 0.2) is 0 Å². The molecule has 0 spiro atoms. The Labute approximate surface area is 68.8 Å². The summed E-state index contributed by atoms with van der Waals surface area (Å²) < 4.78 is 0. The lowest BCUT2D eigenvalue weighted by Gasteiger charge is -2.23. The van der Waals surface area contributed by atoms with Crippen molar-refractivity contribution in [3.05, 3.63) is 24.8 Å². The third kappa shape index (κ3) is 2.30. The number of hydrogen-bond donors (Lipinski definition) is 0. The zero-order chi connectivity index (χ0) is 8.10. The molecule has 0 fully saturated rings. The highest BCUT2D eigenvalue weighted by Crippen LogP contribution is 2.03. The zero-order valence-corrected chi connectivity index (χ0v) is 7.33. The summed E-state index contributed by atoms with van der Waals surface area (Å²) in [7, 11) is 0. The number of nitrogens with zero attached hydrogens (tertiary/aromatic N) is 2. The van der Waals surface area contributed by atoms with Crippen molar-refractivity contribution < 1.29 is 0 Å². The Morgan fingerprint density at radius 2 is 1.45 bits per heavy atom. The van der Waals surface area contributed by atoms with Gasteiger partial charge in [-0.25, -0.2) is 0 Å². The van der Waals surface area contributed by atoms with E-state index in [1.807, 2.05) is 0 Å². The molecular weight excluding hydrogens is 136 g/mol. The van der Waals surface area contributed by atoms with Crippen LogP contribution < -0.4 is 0 Å². The fourth-order valence-corrected chi connectivity index (χ4v) is 1.06. The highest BCUT2D eigenvalue weighted by atomic mass is 15.2. The molecule has 1 aliphatic heterocycles. The summed E-state index contributed by atoms with van der Waals surface area (Å²) in [5, 5.41) is 0. The number of rotatable bonds is 3. The highest BCUT2D eigenvalue weighted by molar-refractivity contribution is 5.00. The van der Waals surface area contributed by atoms with E-state index >= 15 is 0 Å². The standard InChI is InChI=1S/C9H16N2/c1-3-5-11-8-6-10(4-2)7-9-11/h6-9H,3-5H2,1-2H3. The van der Waals surface area contributed by atoms with Crippen LogP contribution in [0.4, 0.5) is 0 Å². The van der Waals surface area contributed by atoms with Crippen LogP contribution in [0.2, 0.25) is 0 Å². The van der Waals surface area contributed by atoms with Gasteiger partial charge in [-0.1, -0.05) is 6.92 Å². The molecule has 1 rings (SSSR count). The summed E-state index contributed by atoms with van der Waals surface area (Å²) in [5.41, 5.74) is 0. The molecule has 0 radical (unpaired) electrons. The SMILES string of the molecule is CCCN1C=CN(CC)C=C1. The first kappa shape index (κ1) is 8.18. The Hall–Kier alpha value is -0.920. The molecule has 11 heavy (non-hydrogen) atoms. The molecule has 0 aromatic carbocycles. The van der Waals surface area contributed by atoms with E-state index in [1.54, 1.807) is 0 Å². The van der Waals surface area contributed by atoms with Crippen LogP contribution in [-0.4, -0.2) is 22.9 Å². The van der Waals surface area contributed by atoms with Crippen molar-refractivity contribution in [1.82, 2.24) is 9.80 Å². The molecule has 0 N–H and O–H groups in total. The normalized spacial score (nSPS) is 16.2. The Morgan fingerprint density at radius 1 is 0.909 bits per heavy atom. The Kier molecular flexibility index (Phi) is 3.02. The van der Waals surface area contributed by atoms with Crippen LogP contribution in [0.15, 0.2) is 24.8 Å². The van der Waals surface area contributed by atoms with Crippen LogP contribution in [0.25, 0.3) is 0 Å². The maximum Gasteiger partial charge on any atom is 0.0218 e. The molecule has 0 amide bonds. The van der Waals surface area contributed by atoms with Crippen LogP contribution in [0, 0.1) is 0 Å². The predicted molar refractivity (Wildman–Crippen MR) is 47.7 cm³/mol. The van der Waals surface area contributed by atoms with Gasteiger partial charge in [0, 0.05) is 37.9 Å². The second-order valence-electron chi connectivity index (χ2n) is 2.66. The fourth-order valence-electron chi connectivity index (χ4n) is 1.06. The van der Waals surface area contributed by atoms with Gasteiger partial charge in [0.2, 0.25) is 0 Å². The minimum absolute atomic E-state index is 1.05. The van der Waals surface area contributed by atoms with Crippen molar-refractivity contribution in [2.24, 2.45) is 0 Å². The van der Waals surface area contributed by atoms with Gasteiger partial charge in [0.25, 0.3) is 0 Å². The van der Waals surface area contributed by atoms with E-state index in [-0.39, 0.29) is 0 Å². The molecule has 0 aliphatic carbocycles. The van der Waals surface area contributed by atoms with E-state index in [1.165, 1.54) is 6.42 Å². The van der Waals surface area contributed by atoms with Crippen molar-refractivity contribution in [2.45, 2.75) is 20.3 Å². The van der Waals surface area contributed by atoms with Crippen LogP contribution >= 0.6 is 0 Å². The fraction of sp³-hybridized carbons (Fsp3) is 0.556. The Morgan fingerprint density at radius 3 is 1.91 bits per heavy atom. The van der Waals surface area contributed by atoms with Crippen LogP contribution in [0.1, 0.15) is 20.3 Å². The second kappa shape index (κ2) is 4.06. The smallest absolute Gasteiger partial charge is 0.0218 e. The van der Waals surface area contributed by atoms with Crippen LogP contribution in [0.5, 0.6) is 0 Å². The van der Waals surface area contributed by atoms with E-state index in [0.717, 1.165) is 13.1 Å². The molecule has 0 saturated heterocycles. The molecule has 0 bridgehead atoms. The molecule has 1 aliphatic rings. The monoisotopic (exact) mass is 152 g/mol. The van der Waals surface area contributed by atoms with Gasteiger partial charge >= 0.3 is 0 Å². The summed E-state index contributed by atoms with van der Waals surface area (Å²) in [6, 6.07) is 0. The lowest BCUT2D eigenvalue weighted by atomic mass is 10.4. The Bertz CT molecular complexity index is 147. The quantitative estimate of drug-likeness (QED) is 0.610. The van der Waals surface area contributed by atoms with Crippen molar-refractivity contribution in [2.75, 3.05) is 13.1 Å². The Balaban J connectivity index is 2.37. The maximum atomic E-state index is 2.20.